The molecule has 0 aliphatic carbocycles. The summed E-state index contributed by atoms with van der Waals surface area (Å²) in [6.45, 7) is 0.437. The van der Waals surface area contributed by atoms with Crippen LogP contribution in [0.4, 0.5) is 0 Å². The number of carbonyl (C=O) groups is 1. The maximum Gasteiger partial charge on any atom is 0.238 e. The Bertz CT molecular complexity index is 633. The maximum atomic E-state index is 12.2. The number of amides is 1. The molecule has 2 aliphatic rings. The predicted octanol–water partition coefficient (Wildman–Crippen LogP) is 0.145. The van der Waals surface area contributed by atoms with Gasteiger partial charge in [0.2, 0.25) is 5.91 Å². The van der Waals surface area contributed by atoms with Crippen LogP contribution in [0.25, 0.3) is 0 Å². The van der Waals surface area contributed by atoms with Gasteiger partial charge in [-0.1, -0.05) is 30.3 Å². The quantitative estimate of drug-likeness (QED) is 0.734. The number of hydrogen-bond donors (Lipinski definition) is 3. The summed E-state index contributed by atoms with van der Waals surface area (Å²) in [6.07, 6.45) is 1.32. The molecule has 1 aromatic carbocycles. The Hall–Kier alpha value is -1.44. The summed E-state index contributed by atoms with van der Waals surface area (Å²) >= 11 is 0. The second-order valence-electron chi connectivity index (χ2n) is 6.05. The van der Waals surface area contributed by atoms with Crippen molar-refractivity contribution < 1.29 is 13.2 Å². The van der Waals surface area contributed by atoms with Gasteiger partial charge in [-0.15, -0.1) is 0 Å². The zero-order valence-electron chi connectivity index (χ0n) is 12.3. The van der Waals surface area contributed by atoms with Gasteiger partial charge in [-0.25, -0.2) is 19.3 Å². The van der Waals surface area contributed by atoms with Crippen molar-refractivity contribution in [2.45, 2.75) is 24.9 Å². The Morgan fingerprint density at radius 3 is 2.68 bits per heavy atom. The zero-order chi connectivity index (χ0) is 15.6. The van der Waals surface area contributed by atoms with Crippen LogP contribution in [-0.2, 0) is 14.6 Å². The molecule has 120 valence electrons. The Morgan fingerprint density at radius 2 is 2.00 bits per heavy atom. The van der Waals surface area contributed by atoms with E-state index in [1.54, 1.807) is 0 Å². The smallest absolute Gasteiger partial charge is 0.238 e. The maximum absolute atomic E-state index is 12.2. The lowest BCUT2D eigenvalue weighted by Gasteiger charge is -2.13. The van der Waals surface area contributed by atoms with Gasteiger partial charge in [-0.2, -0.15) is 0 Å². The fourth-order valence-electron chi connectivity index (χ4n) is 3.03. The van der Waals surface area contributed by atoms with Crippen LogP contribution in [0.3, 0.4) is 0 Å². The SMILES string of the molecule is O=C(NCC1CCS(=O)(=O)C1)C1CC(c2ccccc2)NN1. The fraction of sp³-hybridized carbons (Fsp3) is 0.533. The third-order valence-electron chi connectivity index (χ3n) is 4.31. The lowest BCUT2D eigenvalue weighted by Crippen LogP contribution is -2.44. The second-order valence-corrected chi connectivity index (χ2v) is 8.28. The largest absolute Gasteiger partial charge is 0.354 e. The van der Waals surface area contributed by atoms with Gasteiger partial charge in [0.05, 0.1) is 11.5 Å². The Labute approximate surface area is 130 Å². The molecule has 22 heavy (non-hydrogen) atoms. The van der Waals surface area contributed by atoms with E-state index in [9.17, 15) is 13.2 Å². The number of hydrogen-bond acceptors (Lipinski definition) is 5. The first-order valence-corrected chi connectivity index (χ1v) is 9.40. The van der Waals surface area contributed by atoms with Crippen molar-refractivity contribution in [3.63, 3.8) is 0 Å². The average molecular weight is 323 g/mol. The van der Waals surface area contributed by atoms with E-state index in [2.05, 4.69) is 16.2 Å². The van der Waals surface area contributed by atoms with Gasteiger partial charge in [0, 0.05) is 12.6 Å². The standard InChI is InChI=1S/C15H21N3O3S/c19-15(16-9-11-6-7-22(20,21)10-11)14-8-13(17-18-14)12-4-2-1-3-5-12/h1-5,11,13-14,17-18H,6-10H2,(H,16,19). The minimum atomic E-state index is -2.89. The van der Waals surface area contributed by atoms with E-state index in [4.69, 9.17) is 0 Å². The molecule has 6 nitrogen and oxygen atoms in total. The highest BCUT2D eigenvalue weighted by Crippen LogP contribution is 2.22. The molecule has 3 unspecified atom stereocenters. The topological polar surface area (TPSA) is 87.3 Å². The highest BCUT2D eigenvalue weighted by molar-refractivity contribution is 7.91. The van der Waals surface area contributed by atoms with E-state index < -0.39 is 9.84 Å². The highest BCUT2D eigenvalue weighted by Gasteiger charge is 2.32. The molecule has 0 bridgehead atoms. The van der Waals surface area contributed by atoms with Crippen molar-refractivity contribution in [2.24, 2.45) is 5.92 Å². The van der Waals surface area contributed by atoms with Gasteiger partial charge >= 0.3 is 0 Å². The van der Waals surface area contributed by atoms with Crippen LogP contribution in [-0.4, -0.2) is 38.4 Å². The molecule has 3 N–H and O–H groups in total. The fourth-order valence-corrected chi connectivity index (χ4v) is 4.90. The molecule has 7 heteroatoms. The van der Waals surface area contributed by atoms with Gasteiger partial charge in [0.15, 0.2) is 9.84 Å². The number of nitrogens with one attached hydrogen (secondary N) is 3. The van der Waals surface area contributed by atoms with Crippen LogP contribution in [0.2, 0.25) is 0 Å². The molecule has 1 amide bonds. The third kappa shape index (κ3) is 3.66. The van der Waals surface area contributed by atoms with Crippen molar-refractivity contribution in [3.8, 4) is 0 Å². The summed E-state index contributed by atoms with van der Waals surface area (Å²) in [4.78, 5) is 12.2. The molecule has 2 saturated heterocycles. The number of hydrazine groups is 1. The summed E-state index contributed by atoms with van der Waals surface area (Å²) in [5.74, 6) is 0.409. The van der Waals surface area contributed by atoms with Crippen molar-refractivity contribution in [1.29, 1.82) is 0 Å². The van der Waals surface area contributed by atoms with Crippen LogP contribution in [0.1, 0.15) is 24.4 Å². The minimum Gasteiger partial charge on any atom is -0.354 e. The van der Waals surface area contributed by atoms with Crippen LogP contribution in [0.5, 0.6) is 0 Å². The summed E-state index contributed by atoms with van der Waals surface area (Å²) in [7, 11) is -2.89. The molecule has 0 spiro atoms. The van der Waals surface area contributed by atoms with Crippen LogP contribution < -0.4 is 16.2 Å². The first-order chi connectivity index (χ1) is 10.5. The number of sulfone groups is 1. The number of benzene rings is 1. The molecular formula is C15H21N3O3S. The molecule has 0 radical (unpaired) electrons. The lowest BCUT2D eigenvalue weighted by atomic mass is 10.0. The molecule has 3 rings (SSSR count). The van der Waals surface area contributed by atoms with E-state index in [1.807, 2.05) is 30.3 Å². The molecular weight excluding hydrogens is 302 g/mol. The van der Waals surface area contributed by atoms with Gasteiger partial charge in [-0.3, -0.25) is 4.79 Å². The van der Waals surface area contributed by atoms with E-state index in [0.717, 1.165) is 5.56 Å². The summed E-state index contributed by atoms with van der Waals surface area (Å²) in [5.41, 5.74) is 7.30. The second kappa shape index (κ2) is 6.36. The van der Waals surface area contributed by atoms with Gasteiger partial charge < -0.3 is 5.32 Å². The molecule has 2 aliphatic heterocycles. The van der Waals surface area contributed by atoms with Gasteiger partial charge in [0.1, 0.15) is 6.04 Å². The molecule has 0 aromatic heterocycles. The molecule has 3 atom stereocenters. The highest BCUT2D eigenvalue weighted by atomic mass is 32.2. The summed E-state index contributed by atoms with van der Waals surface area (Å²) in [5, 5.41) is 2.87. The number of rotatable bonds is 4. The lowest BCUT2D eigenvalue weighted by molar-refractivity contribution is -0.123. The van der Waals surface area contributed by atoms with Gasteiger partial charge in [-0.05, 0) is 24.3 Å². The first-order valence-electron chi connectivity index (χ1n) is 7.57. The number of carbonyl (C=O) groups excluding carboxylic acids is 1. The average Bonchev–Trinajstić information content (AvgIpc) is 3.12. The molecule has 1 aromatic rings. The minimum absolute atomic E-state index is 0.0493. The van der Waals surface area contributed by atoms with E-state index >= 15 is 0 Å². The van der Waals surface area contributed by atoms with Crippen LogP contribution in [0.15, 0.2) is 30.3 Å². The molecule has 0 saturated carbocycles. The van der Waals surface area contributed by atoms with Crippen molar-refractivity contribution >= 4 is 15.7 Å². The van der Waals surface area contributed by atoms with E-state index in [0.29, 0.717) is 19.4 Å². The Balaban J connectivity index is 1.48. The first kappa shape index (κ1) is 15.5. The van der Waals surface area contributed by atoms with Gasteiger partial charge in [0.25, 0.3) is 0 Å². The van der Waals surface area contributed by atoms with Crippen LogP contribution >= 0.6 is 0 Å². The Kier molecular flexibility index (Phi) is 4.46. The van der Waals surface area contributed by atoms with E-state index in [1.165, 1.54) is 0 Å². The zero-order valence-corrected chi connectivity index (χ0v) is 13.1. The van der Waals surface area contributed by atoms with Crippen LogP contribution in [0, 0.1) is 5.92 Å². The normalized spacial score (nSPS) is 30.3. The van der Waals surface area contributed by atoms with E-state index in [-0.39, 0.29) is 35.4 Å². The third-order valence-corrected chi connectivity index (χ3v) is 6.15. The molecule has 2 heterocycles. The predicted molar refractivity (Wildman–Crippen MR) is 83.6 cm³/mol. The monoisotopic (exact) mass is 323 g/mol. The summed E-state index contributed by atoms with van der Waals surface area (Å²) in [6, 6.07) is 9.81. The summed E-state index contributed by atoms with van der Waals surface area (Å²) < 4.78 is 22.8. The molecule has 2 fully saturated rings. The Morgan fingerprint density at radius 1 is 1.23 bits per heavy atom. The van der Waals surface area contributed by atoms with Crippen molar-refractivity contribution in [2.75, 3.05) is 18.1 Å². The van der Waals surface area contributed by atoms with Crippen molar-refractivity contribution in [1.82, 2.24) is 16.2 Å². The van der Waals surface area contributed by atoms with Crippen molar-refractivity contribution in [3.05, 3.63) is 35.9 Å².